The number of benzene rings is 1. The van der Waals surface area contributed by atoms with Crippen LogP contribution in [-0.2, 0) is 14.8 Å². The monoisotopic (exact) mass is 381 g/mol. The Labute approximate surface area is 157 Å². The van der Waals surface area contributed by atoms with Gasteiger partial charge >= 0.3 is 0 Å². The molecular weight excluding hydrogens is 350 g/mol. The van der Waals surface area contributed by atoms with Crippen molar-refractivity contribution in [3.63, 3.8) is 0 Å². The summed E-state index contributed by atoms with van der Waals surface area (Å²) in [7, 11) is -3.18. The minimum Gasteiger partial charge on any atom is -0.348 e. The fraction of sp³-hybridized carbons (Fsp3) is 0.632. The van der Waals surface area contributed by atoms with Crippen molar-refractivity contribution in [2.45, 2.75) is 57.7 Å². The molecule has 26 heavy (non-hydrogen) atoms. The lowest BCUT2D eigenvalue weighted by atomic mass is 10.0. The quantitative estimate of drug-likeness (QED) is 0.722. The van der Waals surface area contributed by atoms with E-state index in [0.717, 1.165) is 31.2 Å². The Morgan fingerprint density at radius 3 is 2.38 bits per heavy atom. The molecule has 2 unspecified atom stereocenters. The first-order valence-electron chi connectivity index (χ1n) is 9.37. The van der Waals surface area contributed by atoms with Gasteiger partial charge in [-0.15, -0.1) is 0 Å². The summed E-state index contributed by atoms with van der Waals surface area (Å²) in [6.07, 6.45) is 4.54. The van der Waals surface area contributed by atoms with Crippen molar-refractivity contribution < 1.29 is 13.2 Å². The Kier molecular flexibility index (Phi) is 7.61. The van der Waals surface area contributed by atoms with Crippen molar-refractivity contribution in [2.75, 3.05) is 19.3 Å². The summed E-state index contributed by atoms with van der Waals surface area (Å²) in [6.45, 7) is 5.47. The molecular formula is C19H31N3O3S. The highest BCUT2D eigenvalue weighted by Gasteiger charge is 2.28. The van der Waals surface area contributed by atoms with E-state index in [1.54, 1.807) is 0 Å². The van der Waals surface area contributed by atoms with Gasteiger partial charge in [-0.05, 0) is 31.7 Å². The number of nitrogens with zero attached hydrogens (tertiary/aromatic N) is 1. The summed E-state index contributed by atoms with van der Waals surface area (Å²) in [6, 6.07) is 9.83. The standard InChI is InChI=1S/C19H31N3O3S/c1-4-8-18(16-9-6-5-7-10-16)20-19(23)15(2)22-13-11-17(12-14-22)21-26(3,24)25/h5-7,9-10,15,17-18,21H,4,8,11-14H2,1-3H3,(H,20,23). The van der Waals surface area contributed by atoms with Crippen LogP contribution in [0.1, 0.15) is 51.1 Å². The summed E-state index contributed by atoms with van der Waals surface area (Å²) in [5.74, 6) is 0.0295. The van der Waals surface area contributed by atoms with Crippen molar-refractivity contribution in [1.29, 1.82) is 0 Å². The zero-order chi connectivity index (χ0) is 19.2. The second-order valence-corrected chi connectivity index (χ2v) is 8.92. The summed E-state index contributed by atoms with van der Waals surface area (Å²) in [4.78, 5) is 14.9. The van der Waals surface area contributed by atoms with E-state index in [1.165, 1.54) is 6.26 Å². The normalized spacial score (nSPS) is 19.0. The SMILES string of the molecule is CCCC(NC(=O)C(C)N1CCC(NS(C)(=O)=O)CC1)c1ccccc1. The average molecular weight is 382 g/mol. The van der Waals surface area contributed by atoms with Gasteiger partial charge in [0, 0.05) is 19.1 Å². The Morgan fingerprint density at radius 2 is 1.85 bits per heavy atom. The second-order valence-electron chi connectivity index (χ2n) is 7.14. The highest BCUT2D eigenvalue weighted by molar-refractivity contribution is 7.88. The van der Waals surface area contributed by atoms with E-state index in [4.69, 9.17) is 0 Å². The van der Waals surface area contributed by atoms with Gasteiger partial charge < -0.3 is 5.32 Å². The lowest BCUT2D eigenvalue weighted by Gasteiger charge is -2.35. The highest BCUT2D eigenvalue weighted by Crippen LogP contribution is 2.20. The molecule has 1 fully saturated rings. The Hall–Kier alpha value is -1.44. The molecule has 1 saturated heterocycles. The Bertz CT molecular complexity index is 671. The fourth-order valence-electron chi connectivity index (χ4n) is 3.46. The van der Waals surface area contributed by atoms with E-state index in [2.05, 4.69) is 21.9 Å². The van der Waals surface area contributed by atoms with Crippen LogP contribution in [0.15, 0.2) is 30.3 Å². The number of amides is 1. The van der Waals surface area contributed by atoms with E-state index in [1.807, 2.05) is 37.3 Å². The number of likely N-dealkylation sites (tertiary alicyclic amines) is 1. The predicted octanol–water partition coefficient (Wildman–Crippen LogP) is 2.05. The molecule has 2 atom stereocenters. The molecule has 1 aromatic rings. The van der Waals surface area contributed by atoms with Gasteiger partial charge in [0.2, 0.25) is 15.9 Å². The topological polar surface area (TPSA) is 78.5 Å². The highest BCUT2D eigenvalue weighted by atomic mass is 32.2. The number of carbonyl (C=O) groups is 1. The summed E-state index contributed by atoms with van der Waals surface area (Å²) >= 11 is 0. The molecule has 1 aliphatic heterocycles. The van der Waals surface area contributed by atoms with Gasteiger partial charge in [-0.25, -0.2) is 13.1 Å². The van der Waals surface area contributed by atoms with Crippen LogP contribution in [0.25, 0.3) is 0 Å². The van der Waals surface area contributed by atoms with Crippen LogP contribution in [0, 0.1) is 0 Å². The van der Waals surface area contributed by atoms with Gasteiger partial charge in [0.15, 0.2) is 0 Å². The first-order valence-corrected chi connectivity index (χ1v) is 11.3. The summed E-state index contributed by atoms with van der Waals surface area (Å²) in [5.41, 5.74) is 1.13. The third-order valence-electron chi connectivity index (χ3n) is 4.93. The third-order valence-corrected chi connectivity index (χ3v) is 5.69. The van der Waals surface area contributed by atoms with Gasteiger partial charge in [0.1, 0.15) is 0 Å². The lowest BCUT2D eigenvalue weighted by molar-refractivity contribution is -0.127. The van der Waals surface area contributed by atoms with E-state index < -0.39 is 10.0 Å². The molecule has 2 N–H and O–H groups in total. The molecule has 2 rings (SSSR count). The number of sulfonamides is 1. The molecule has 7 heteroatoms. The predicted molar refractivity (Wildman–Crippen MR) is 104 cm³/mol. The molecule has 0 radical (unpaired) electrons. The maximum absolute atomic E-state index is 12.7. The smallest absolute Gasteiger partial charge is 0.237 e. The number of nitrogens with one attached hydrogen (secondary N) is 2. The lowest BCUT2D eigenvalue weighted by Crippen LogP contribution is -2.52. The van der Waals surface area contributed by atoms with Crippen molar-refractivity contribution in [1.82, 2.24) is 14.9 Å². The summed E-state index contributed by atoms with van der Waals surface area (Å²) < 4.78 is 25.4. The largest absolute Gasteiger partial charge is 0.348 e. The van der Waals surface area contributed by atoms with Gasteiger partial charge in [-0.2, -0.15) is 0 Å². The van der Waals surface area contributed by atoms with Crippen molar-refractivity contribution in [2.24, 2.45) is 0 Å². The molecule has 146 valence electrons. The molecule has 0 saturated carbocycles. The molecule has 0 aromatic heterocycles. The van der Waals surface area contributed by atoms with Gasteiger partial charge in [0.05, 0.1) is 18.3 Å². The van der Waals surface area contributed by atoms with Crippen molar-refractivity contribution in [3.8, 4) is 0 Å². The second kappa shape index (κ2) is 9.48. The first-order chi connectivity index (χ1) is 12.3. The van der Waals surface area contributed by atoms with Crippen molar-refractivity contribution in [3.05, 3.63) is 35.9 Å². The summed E-state index contributed by atoms with van der Waals surface area (Å²) in [5, 5.41) is 3.19. The van der Waals surface area contributed by atoms with Gasteiger partial charge in [0.25, 0.3) is 0 Å². The number of hydrogen-bond acceptors (Lipinski definition) is 4. The van der Waals surface area contributed by atoms with E-state index in [-0.39, 0.29) is 24.0 Å². The minimum absolute atomic E-state index is 0.0283. The molecule has 0 aliphatic carbocycles. The van der Waals surface area contributed by atoms with Gasteiger partial charge in [-0.3, -0.25) is 9.69 Å². The molecule has 1 amide bonds. The zero-order valence-electron chi connectivity index (χ0n) is 15.9. The van der Waals surface area contributed by atoms with Crippen LogP contribution in [0.3, 0.4) is 0 Å². The van der Waals surface area contributed by atoms with E-state index in [9.17, 15) is 13.2 Å². The van der Waals surface area contributed by atoms with E-state index >= 15 is 0 Å². The number of carbonyl (C=O) groups excluding carboxylic acids is 1. The third kappa shape index (κ3) is 6.37. The minimum atomic E-state index is -3.18. The van der Waals surface area contributed by atoms with Crippen LogP contribution < -0.4 is 10.0 Å². The number of hydrogen-bond donors (Lipinski definition) is 2. The van der Waals surface area contributed by atoms with Crippen LogP contribution in [0.4, 0.5) is 0 Å². The maximum atomic E-state index is 12.7. The molecule has 0 spiro atoms. The first kappa shape index (κ1) is 20.9. The Morgan fingerprint density at radius 1 is 1.23 bits per heavy atom. The van der Waals surface area contributed by atoms with Crippen LogP contribution in [-0.4, -0.2) is 50.7 Å². The van der Waals surface area contributed by atoms with Crippen LogP contribution in [0.5, 0.6) is 0 Å². The zero-order valence-corrected chi connectivity index (χ0v) is 16.8. The maximum Gasteiger partial charge on any atom is 0.237 e. The van der Waals surface area contributed by atoms with Crippen LogP contribution in [0.2, 0.25) is 0 Å². The Balaban J connectivity index is 1.90. The van der Waals surface area contributed by atoms with E-state index in [0.29, 0.717) is 13.1 Å². The molecule has 1 aromatic carbocycles. The average Bonchev–Trinajstić information content (AvgIpc) is 2.60. The van der Waals surface area contributed by atoms with Crippen LogP contribution >= 0.6 is 0 Å². The van der Waals surface area contributed by atoms with Gasteiger partial charge in [-0.1, -0.05) is 43.7 Å². The molecule has 0 bridgehead atoms. The fourth-order valence-corrected chi connectivity index (χ4v) is 4.30. The van der Waals surface area contributed by atoms with Crippen molar-refractivity contribution >= 4 is 15.9 Å². The molecule has 1 aliphatic rings. The number of rotatable bonds is 8. The molecule has 6 nitrogen and oxygen atoms in total. The number of piperidine rings is 1. The molecule has 1 heterocycles.